The first kappa shape index (κ1) is 14.9. The maximum atomic E-state index is 12.4. The summed E-state index contributed by atoms with van der Waals surface area (Å²) in [6.07, 6.45) is 4.17. The lowest BCUT2D eigenvalue weighted by molar-refractivity contribution is 0.0640. The van der Waals surface area contributed by atoms with Crippen molar-refractivity contribution in [3.05, 3.63) is 58.9 Å². The summed E-state index contributed by atoms with van der Waals surface area (Å²) in [7, 11) is 0. The third-order valence-electron chi connectivity index (χ3n) is 4.49. The summed E-state index contributed by atoms with van der Waals surface area (Å²) in [6.45, 7) is 2.87. The lowest BCUT2D eigenvalue weighted by Gasteiger charge is -2.15. The minimum absolute atomic E-state index is 0.177. The number of carbonyl (C=O) groups is 2. The Hall–Kier alpha value is -2.69. The fraction of sp³-hybridized carbons (Fsp3) is 0.316. The van der Waals surface area contributed by atoms with Crippen LogP contribution >= 0.6 is 0 Å². The molecule has 1 fully saturated rings. The predicted octanol–water partition coefficient (Wildman–Crippen LogP) is 2.98. The fourth-order valence-corrected chi connectivity index (χ4v) is 2.88. The lowest BCUT2D eigenvalue weighted by Crippen LogP contribution is -2.29. The number of aryl methyl sites for hydroxylation is 1. The molecule has 0 atom stereocenters. The molecule has 1 aliphatic heterocycles. The van der Waals surface area contributed by atoms with Crippen molar-refractivity contribution in [1.29, 1.82) is 0 Å². The van der Waals surface area contributed by atoms with Gasteiger partial charge in [0.2, 0.25) is 0 Å². The van der Waals surface area contributed by atoms with E-state index in [0.717, 1.165) is 17.9 Å². The zero-order valence-electron chi connectivity index (χ0n) is 13.5. The van der Waals surface area contributed by atoms with Crippen LogP contribution in [0.5, 0.6) is 5.75 Å². The summed E-state index contributed by atoms with van der Waals surface area (Å²) < 4.78 is 5.77. The minimum Gasteiger partial charge on any atom is -0.491 e. The zero-order valence-corrected chi connectivity index (χ0v) is 13.5. The van der Waals surface area contributed by atoms with Gasteiger partial charge in [0.05, 0.1) is 36.2 Å². The van der Waals surface area contributed by atoms with Crippen molar-refractivity contribution >= 4 is 11.8 Å². The van der Waals surface area contributed by atoms with Crippen LogP contribution in [-0.2, 0) is 6.54 Å². The highest BCUT2D eigenvalue weighted by Crippen LogP contribution is 2.30. The van der Waals surface area contributed by atoms with Crippen LogP contribution in [0, 0.1) is 12.8 Å². The molecule has 2 aliphatic rings. The third kappa shape index (κ3) is 2.66. The Kier molecular flexibility index (Phi) is 3.56. The molecule has 5 heteroatoms. The predicted molar refractivity (Wildman–Crippen MR) is 87.8 cm³/mol. The number of amides is 2. The van der Waals surface area contributed by atoms with E-state index in [1.807, 2.05) is 13.0 Å². The van der Waals surface area contributed by atoms with Gasteiger partial charge in [0.1, 0.15) is 5.75 Å². The Labute approximate surface area is 140 Å². The van der Waals surface area contributed by atoms with Gasteiger partial charge in [-0.1, -0.05) is 12.1 Å². The van der Waals surface area contributed by atoms with E-state index in [0.29, 0.717) is 22.7 Å². The topological polar surface area (TPSA) is 59.5 Å². The van der Waals surface area contributed by atoms with Crippen LogP contribution in [0.25, 0.3) is 0 Å². The summed E-state index contributed by atoms with van der Waals surface area (Å²) in [5.41, 5.74) is 2.57. The van der Waals surface area contributed by atoms with Crippen molar-refractivity contribution in [3.8, 4) is 5.75 Å². The number of benzene rings is 1. The van der Waals surface area contributed by atoms with Gasteiger partial charge in [0, 0.05) is 0 Å². The van der Waals surface area contributed by atoms with Crippen molar-refractivity contribution in [2.75, 3.05) is 6.61 Å². The molecule has 2 heterocycles. The van der Waals surface area contributed by atoms with Gasteiger partial charge in [-0.3, -0.25) is 19.5 Å². The van der Waals surface area contributed by atoms with Crippen molar-refractivity contribution in [3.63, 3.8) is 0 Å². The Morgan fingerprint density at radius 3 is 2.42 bits per heavy atom. The van der Waals surface area contributed by atoms with E-state index in [-0.39, 0.29) is 18.4 Å². The van der Waals surface area contributed by atoms with Crippen LogP contribution in [0.1, 0.15) is 44.8 Å². The van der Waals surface area contributed by atoms with E-state index in [9.17, 15) is 9.59 Å². The van der Waals surface area contributed by atoms with Crippen LogP contribution in [-0.4, -0.2) is 28.3 Å². The van der Waals surface area contributed by atoms with E-state index in [1.165, 1.54) is 17.7 Å². The van der Waals surface area contributed by atoms with Gasteiger partial charge in [0.25, 0.3) is 11.8 Å². The van der Waals surface area contributed by atoms with Crippen molar-refractivity contribution in [2.24, 2.45) is 5.92 Å². The summed E-state index contributed by atoms with van der Waals surface area (Å²) >= 11 is 0. The first-order valence-electron chi connectivity index (χ1n) is 8.17. The molecule has 24 heavy (non-hydrogen) atoms. The summed E-state index contributed by atoms with van der Waals surface area (Å²) in [5, 5.41) is 0. The molecule has 1 aromatic carbocycles. The zero-order chi connectivity index (χ0) is 16.7. The fourth-order valence-electron chi connectivity index (χ4n) is 2.88. The van der Waals surface area contributed by atoms with Crippen LogP contribution in [0.4, 0.5) is 0 Å². The maximum Gasteiger partial charge on any atom is 0.261 e. The Balaban J connectivity index is 1.50. The van der Waals surface area contributed by atoms with Crippen LogP contribution in [0.3, 0.4) is 0 Å². The summed E-state index contributed by atoms with van der Waals surface area (Å²) in [5.74, 6) is 0.934. The number of hydrogen-bond acceptors (Lipinski definition) is 4. The van der Waals surface area contributed by atoms with Gasteiger partial charge in [-0.05, 0) is 49.4 Å². The standard InChI is InChI=1S/C19H18N2O3/c1-12-8-14(20-9-17(12)24-11-13-6-7-13)10-21-18(22)15-4-2-3-5-16(15)19(21)23/h2-5,8-9,13H,6-7,10-11H2,1H3. The second kappa shape index (κ2) is 5.74. The van der Waals surface area contributed by atoms with Crippen LogP contribution in [0.2, 0.25) is 0 Å². The molecule has 0 unspecified atom stereocenters. The molecule has 0 radical (unpaired) electrons. The quantitative estimate of drug-likeness (QED) is 0.794. The van der Waals surface area contributed by atoms with Gasteiger partial charge in [0.15, 0.2) is 0 Å². The largest absolute Gasteiger partial charge is 0.491 e. The molecule has 0 saturated heterocycles. The molecule has 1 aromatic heterocycles. The first-order valence-corrected chi connectivity index (χ1v) is 8.17. The monoisotopic (exact) mass is 322 g/mol. The Morgan fingerprint density at radius 1 is 1.17 bits per heavy atom. The smallest absolute Gasteiger partial charge is 0.261 e. The number of imide groups is 1. The minimum atomic E-state index is -0.260. The molecule has 2 aromatic rings. The Morgan fingerprint density at radius 2 is 1.83 bits per heavy atom. The number of aromatic nitrogens is 1. The molecule has 122 valence electrons. The molecule has 5 nitrogen and oxygen atoms in total. The first-order chi connectivity index (χ1) is 11.6. The number of pyridine rings is 1. The molecule has 0 N–H and O–H groups in total. The van der Waals surface area contributed by atoms with Gasteiger partial charge in [-0.15, -0.1) is 0 Å². The maximum absolute atomic E-state index is 12.4. The van der Waals surface area contributed by atoms with E-state index >= 15 is 0 Å². The van der Waals surface area contributed by atoms with Gasteiger partial charge >= 0.3 is 0 Å². The van der Waals surface area contributed by atoms with Crippen LogP contribution < -0.4 is 4.74 Å². The number of fused-ring (bicyclic) bond motifs is 1. The van der Waals surface area contributed by atoms with Crippen molar-refractivity contribution < 1.29 is 14.3 Å². The van der Waals surface area contributed by atoms with Gasteiger partial charge < -0.3 is 4.74 Å². The number of rotatable bonds is 5. The van der Waals surface area contributed by atoms with E-state index < -0.39 is 0 Å². The number of carbonyl (C=O) groups excluding carboxylic acids is 2. The SMILES string of the molecule is Cc1cc(CN2C(=O)c3ccccc3C2=O)ncc1OCC1CC1. The second-order valence-electron chi connectivity index (χ2n) is 6.44. The molecule has 4 rings (SSSR count). The average Bonchev–Trinajstić information content (AvgIpc) is 3.38. The summed E-state index contributed by atoms with van der Waals surface area (Å²) in [6, 6.07) is 8.78. The highest BCUT2D eigenvalue weighted by Gasteiger charge is 2.35. The van der Waals surface area contributed by atoms with Crippen LogP contribution in [0.15, 0.2) is 36.5 Å². The Bertz CT molecular complexity index is 792. The number of ether oxygens (including phenoxy) is 1. The highest BCUT2D eigenvalue weighted by atomic mass is 16.5. The second-order valence-corrected chi connectivity index (χ2v) is 6.44. The van der Waals surface area contributed by atoms with E-state index in [1.54, 1.807) is 30.5 Å². The average molecular weight is 322 g/mol. The normalized spacial score (nSPS) is 16.5. The number of hydrogen-bond donors (Lipinski definition) is 0. The molecule has 1 saturated carbocycles. The van der Waals surface area contributed by atoms with Gasteiger partial charge in [-0.25, -0.2) is 0 Å². The molecule has 0 bridgehead atoms. The highest BCUT2D eigenvalue weighted by molar-refractivity contribution is 6.21. The van der Waals surface area contributed by atoms with Crippen molar-refractivity contribution in [2.45, 2.75) is 26.3 Å². The van der Waals surface area contributed by atoms with Crippen molar-refractivity contribution in [1.82, 2.24) is 9.88 Å². The molecule has 0 spiro atoms. The van der Waals surface area contributed by atoms with Gasteiger partial charge in [-0.2, -0.15) is 0 Å². The molecular weight excluding hydrogens is 304 g/mol. The van der Waals surface area contributed by atoms with E-state index in [2.05, 4.69) is 4.98 Å². The van der Waals surface area contributed by atoms with E-state index in [4.69, 9.17) is 4.74 Å². The molecular formula is C19H18N2O3. The third-order valence-corrected chi connectivity index (χ3v) is 4.49. The molecule has 1 aliphatic carbocycles. The summed E-state index contributed by atoms with van der Waals surface area (Å²) in [4.78, 5) is 30.4. The number of nitrogens with zero attached hydrogens (tertiary/aromatic N) is 2. The molecule has 2 amide bonds. The lowest BCUT2D eigenvalue weighted by atomic mass is 10.1.